The minimum absolute atomic E-state index is 0.184. The number of rotatable bonds is 3. The predicted octanol–water partition coefficient (Wildman–Crippen LogP) is 3.12. The van der Waals surface area contributed by atoms with Crippen LogP contribution in [0.2, 0.25) is 0 Å². The number of hydrogen-bond donors (Lipinski definition) is 1. The zero-order chi connectivity index (χ0) is 13.3. The van der Waals surface area contributed by atoms with Crippen molar-refractivity contribution in [2.45, 2.75) is 25.4 Å². The van der Waals surface area contributed by atoms with Gasteiger partial charge in [-0.25, -0.2) is 4.79 Å². The standard InChI is InChI=1S/C12H12BrF2NO2/c1-7-4-8(13)2-3-10(7)16-6-9-5-12(14,15)11(17)18-9/h2-4,9,16H,5-6H2,1H3. The molecule has 0 bridgehead atoms. The number of nitrogens with one attached hydrogen (secondary N) is 1. The van der Waals surface area contributed by atoms with Crippen molar-refractivity contribution in [3.63, 3.8) is 0 Å². The second-order valence-electron chi connectivity index (χ2n) is 4.28. The molecule has 0 saturated carbocycles. The van der Waals surface area contributed by atoms with Gasteiger partial charge in [-0.3, -0.25) is 0 Å². The lowest BCUT2D eigenvalue weighted by Crippen LogP contribution is -2.22. The fourth-order valence-electron chi connectivity index (χ4n) is 1.81. The quantitative estimate of drug-likeness (QED) is 0.870. The summed E-state index contributed by atoms with van der Waals surface area (Å²) in [7, 11) is 0. The monoisotopic (exact) mass is 319 g/mol. The first-order valence-corrected chi connectivity index (χ1v) is 6.27. The topological polar surface area (TPSA) is 38.3 Å². The number of hydrogen-bond acceptors (Lipinski definition) is 3. The fraction of sp³-hybridized carbons (Fsp3) is 0.417. The SMILES string of the molecule is Cc1cc(Br)ccc1NCC1CC(F)(F)C(=O)O1. The fourth-order valence-corrected chi connectivity index (χ4v) is 2.29. The smallest absolute Gasteiger partial charge is 0.377 e. The molecule has 1 aromatic carbocycles. The lowest BCUT2D eigenvalue weighted by Gasteiger charge is -2.13. The first kappa shape index (κ1) is 13.3. The van der Waals surface area contributed by atoms with E-state index >= 15 is 0 Å². The van der Waals surface area contributed by atoms with Crippen LogP contribution in [0.5, 0.6) is 0 Å². The molecule has 1 aromatic rings. The van der Waals surface area contributed by atoms with Gasteiger partial charge in [0.1, 0.15) is 6.10 Å². The molecular formula is C12H12BrF2NO2. The van der Waals surface area contributed by atoms with Crippen molar-refractivity contribution in [1.82, 2.24) is 0 Å². The van der Waals surface area contributed by atoms with Gasteiger partial charge in [-0.15, -0.1) is 0 Å². The van der Waals surface area contributed by atoms with Crippen molar-refractivity contribution >= 4 is 27.6 Å². The van der Waals surface area contributed by atoms with Crippen molar-refractivity contribution in [3.8, 4) is 0 Å². The van der Waals surface area contributed by atoms with E-state index in [4.69, 9.17) is 0 Å². The lowest BCUT2D eigenvalue weighted by atomic mass is 10.1. The lowest BCUT2D eigenvalue weighted by molar-refractivity contribution is -0.158. The van der Waals surface area contributed by atoms with Crippen LogP contribution >= 0.6 is 15.9 Å². The Morgan fingerprint density at radius 1 is 1.56 bits per heavy atom. The zero-order valence-corrected chi connectivity index (χ0v) is 11.3. The van der Waals surface area contributed by atoms with Crippen molar-refractivity contribution in [2.75, 3.05) is 11.9 Å². The van der Waals surface area contributed by atoms with Gasteiger partial charge in [0.25, 0.3) is 0 Å². The summed E-state index contributed by atoms with van der Waals surface area (Å²) < 4.78 is 31.4. The average Bonchev–Trinajstić information content (AvgIpc) is 2.51. The van der Waals surface area contributed by atoms with Crippen LogP contribution in [0.4, 0.5) is 14.5 Å². The molecular weight excluding hydrogens is 308 g/mol. The molecule has 1 heterocycles. The Hall–Kier alpha value is -1.17. The van der Waals surface area contributed by atoms with Crippen molar-refractivity contribution in [1.29, 1.82) is 0 Å². The molecule has 3 nitrogen and oxygen atoms in total. The number of cyclic esters (lactones) is 1. The van der Waals surface area contributed by atoms with Crippen LogP contribution in [0.25, 0.3) is 0 Å². The number of alkyl halides is 2. The molecule has 2 rings (SSSR count). The first-order valence-electron chi connectivity index (χ1n) is 5.47. The molecule has 98 valence electrons. The van der Waals surface area contributed by atoms with Gasteiger partial charge in [-0.05, 0) is 30.7 Å². The van der Waals surface area contributed by atoms with Gasteiger partial charge in [0.2, 0.25) is 0 Å². The van der Waals surface area contributed by atoms with Gasteiger partial charge in [0.05, 0.1) is 13.0 Å². The second kappa shape index (κ2) is 4.84. The molecule has 1 fully saturated rings. The Labute approximate surface area is 112 Å². The molecule has 0 aromatic heterocycles. The van der Waals surface area contributed by atoms with Crippen LogP contribution in [0.3, 0.4) is 0 Å². The van der Waals surface area contributed by atoms with E-state index in [0.29, 0.717) is 0 Å². The maximum absolute atomic E-state index is 12.9. The molecule has 0 radical (unpaired) electrons. The predicted molar refractivity (Wildman–Crippen MR) is 66.8 cm³/mol. The number of ether oxygens (including phenoxy) is 1. The van der Waals surface area contributed by atoms with Gasteiger partial charge in [0, 0.05) is 10.2 Å². The Kier molecular flexibility index (Phi) is 3.56. The van der Waals surface area contributed by atoms with E-state index in [2.05, 4.69) is 26.0 Å². The summed E-state index contributed by atoms with van der Waals surface area (Å²) in [5.74, 6) is -4.77. The third-order valence-electron chi connectivity index (χ3n) is 2.77. The highest BCUT2D eigenvalue weighted by Gasteiger charge is 2.50. The molecule has 1 aliphatic heterocycles. The molecule has 6 heteroatoms. The van der Waals surface area contributed by atoms with E-state index in [0.717, 1.165) is 15.7 Å². The highest BCUT2D eigenvalue weighted by Crippen LogP contribution is 2.31. The van der Waals surface area contributed by atoms with Crippen molar-refractivity contribution in [2.24, 2.45) is 0 Å². The Morgan fingerprint density at radius 2 is 2.28 bits per heavy atom. The summed E-state index contributed by atoms with van der Waals surface area (Å²) in [6.07, 6.45) is -1.34. The van der Waals surface area contributed by atoms with Gasteiger partial charge >= 0.3 is 11.9 Å². The van der Waals surface area contributed by atoms with Crippen LogP contribution in [0.1, 0.15) is 12.0 Å². The number of aryl methyl sites for hydroxylation is 1. The van der Waals surface area contributed by atoms with E-state index < -0.39 is 24.4 Å². The minimum Gasteiger partial charge on any atom is -0.456 e. The minimum atomic E-state index is -3.35. The maximum atomic E-state index is 12.9. The maximum Gasteiger partial charge on any atom is 0.377 e. The highest BCUT2D eigenvalue weighted by atomic mass is 79.9. The molecule has 0 spiro atoms. The third-order valence-corrected chi connectivity index (χ3v) is 3.26. The van der Waals surface area contributed by atoms with Crippen molar-refractivity contribution < 1.29 is 18.3 Å². The molecule has 18 heavy (non-hydrogen) atoms. The number of carbonyl (C=O) groups is 1. The van der Waals surface area contributed by atoms with Crippen LogP contribution in [-0.2, 0) is 9.53 Å². The molecule has 0 aliphatic carbocycles. The van der Waals surface area contributed by atoms with Gasteiger partial charge in [0.15, 0.2) is 0 Å². The number of halogens is 3. The summed E-state index contributed by atoms with van der Waals surface area (Å²) in [6.45, 7) is 2.09. The van der Waals surface area contributed by atoms with E-state index in [1.54, 1.807) is 0 Å². The van der Waals surface area contributed by atoms with Gasteiger partial charge in [-0.2, -0.15) is 8.78 Å². The number of anilines is 1. The highest BCUT2D eigenvalue weighted by molar-refractivity contribution is 9.10. The molecule has 1 unspecified atom stereocenters. The first-order chi connectivity index (χ1) is 8.38. The number of esters is 1. The second-order valence-corrected chi connectivity index (χ2v) is 5.19. The van der Waals surface area contributed by atoms with Crippen LogP contribution in [0.15, 0.2) is 22.7 Å². The molecule has 1 aliphatic rings. The zero-order valence-electron chi connectivity index (χ0n) is 9.67. The normalized spacial score (nSPS) is 21.8. The van der Waals surface area contributed by atoms with E-state index in [-0.39, 0.29) is 6.54 Å². The molecule has 1 N–H and O–H groups in total. The Balaban J connectivity index is 1.95. The summed E-state index contributed by atoms with van der Waals surface area (Å²) in [6, 6.07) is 5.61. The summed E-state index contributed by atoms with van der Waals surface area (Å²) in [5, 5.41) is 3.01. The Bertz CT molecular complexity index is 479. The van der Waals surface area contributed by atoms with Crippen molar-refractivity contribution in [3.05, 3.63) is 28.2 Å². The van der Waals surface area contributed by atoms with Gasteiger partial charge in [-0.1, -0.05) is 15.9 Å². The third kappa shape index (κ3) is 2.80. The average molecular weight is 320 g/mol. The Morgan fingerprint density at radius 3 is 2.83 bits per heavy atom. The van der Waals surface area contributed by atoms with Gasteiger partial charge < -0.3 is 10.1 Å². The van der Waals surface area contributed by atoms with E-state index in [1.807, 2.05) is 25.1 Å². The molecule has 0 amide bonds. The number of carbonyl (C=O) groups excluding carboxylic acids is 1. The van der Waals surface area contributed by atoms with E-state index in [1.165, 1.54) is 0 Å². The molecule has 1 atom stereocenters. The number of benzene rings is 1. The molecule has 1 saturated heterocycles. The summed E-state index contributed by atoms with van der Waals surface area (Å²) >= 11 is 3.34. The van der Waals surface area contributed by atoms with Crippen LogP contribution in [-0.4, -0.2) is 24.5 Å². The summed E-state index contributed by atoms with van der Waals surface area (Å²) in [4.78, 5) is 10.8. The van der Waals surface area contributed by atoms with Crippen LogP contribution in [0, 0.1) is 6.92 Å². The van der Waals surface area contributed by atoms with Crippen LogP contribution < -0.4 is 5.32 Å². The van der Waals surface area contributed by atoms with E-state index in [9.17, 15) is 13.6 Å². The largest absolute Gasteiger partial charge is 0.456 e. The summed E-state index contributed by atoms with van der Waals surface area (Å²) in [5.41, 5.74) is 1.82.